The van der Waals surface area contributed by atoms with Crippen LogP contribution in [0.3, 0.4) is 0 Å². The van der Waals surface area contributed by atoms with Crippen molar-refractivity contribution < 1.29 is 9.47 Å². The van der Waals surface area contributed by atoms with Crippen molar-refractivity contribution in [2.75, 3.05) is 51.5 Å². The third kappa shape index (κ3) is 4.49. The monoisotopic (exact) mass is 264 g/mol. The maximum absolute atomic E-state index is 5.52. The summed E-state index contributed by atoms with van der Waals surface area (Å²) in [5.74, 6) is 0. The van der Waals surface area contributed by atoms with Crippen molar-refractivity contribution in [1.82, 2.24) is 5.32 Å². The minimum Gasteiger partial charge on any atom is -0.382 e. The van der Waals surface area contributed by atoms with Crippen LogP contribution in [0, 0.1) is 0 Å². The van der Waals surface area contributed by atoms with Crippen molar-refractivity contribution in [3.8, 4) is 0 Å². The first kappa shape index (κ1) is 14.3. The van der Waals surface area contributed by atoms with Gasteiger partial charge in [-0.15, -0.1) is 0 Å². The summed E-state index contributed by atoms with van der Waals surface area (Å²) >= 11 is 0. The van der Waals surface area contributed by atoms with Crippen LogP contribution in [-0.2, 0) is 16.0 Å². The molecule has 0 bridgehead atoms. The van der Waals surface area contributed by atoms with Crippen molar-refractivity contribution in [3.05, 3.63) is 29.8 Å². The summed E-state index contributed by atoms with van der Waals surface area (Å²) in [6, 6.07) is 8.65. The highest BCUT2D eigenvalue weighted by molar-refractivity contribution is 5.54. The van der Waals surface area contributed by atoms with Gasteiger partial charge in [-0.1, -0.05) is 18.2 Å². The Labute approximate surface area is 115 Å². The Hall–Kier alpha value is -1.10. The SMILES string of the molecule is COCCOCCCN1CCNCc2ccccc21. The molecule has 1 aliphatic heterocycles. The van der Waals surface area contributed by atoms with E-state index in [0.717, 1.165) is 39.2 Å². The summed E-state index contributed by atoms with van der Waals surface area (Å²) in [4.78, 5) is 2.45. The number of para-hydroxylation sites is 1. The molecule has 1 N–H and O–H groups in total. The zero-order chi connectivity index (χ0) is 13.3. The highest BCUT2D eigenvalue weighted by Crippen LogP contribution is 2.21. The second kappa shape index (κ2) is 8.15. The summed E-state index contributed by atoms with van der Waals surface area (Å²) in [6.45, 7) is 6.29. The summed E-state index contributed by atoms with van der Waals surface area (Å²) < 4.78 is 10.5. The van der Waals surface area contributed by atoms with Crippen LogP contribution >= 0.6 is 0 Å². The highest BCUT2D eigenvalue weighted by Gasteiger charge is 2.13. The Bertz CT molecular complexity index is 371. The number of methoxy groups -OCH3 is 1. The molecule has 2 rings (SSSR count). The number of hydrogen-bond donors (Lipinski definition) is 1. The molecule has 0 saturated heterocycles. The molecule has 0 fully saturated rings. The van der Waals surface area contributed by atoms with Crippen LogP contribution in [0.5, 0.6) is 0 Å². The van der Waals surface area contributed by atoms with Gasteiger partial charge in [0.15, 0.2) is 0 Å². The van der Waals surface area contributed by atoms with E-state index in [0.29, 0.717) is 13.2 Å². The third-order valence-electron chi connectivity index (χ3n) is 3.35. The lowest BCUT2D eigenvalue weighted by Crippen LogP contribution is -2.30. The van der Waals surface area contributed by atoms with E-state index in [9.17, 15) is 0 Å². The number of rotatable bonds is 7. The van der Waals surface area contributed by atoms with E-state index in [1.54, 1.807) is 7.11 Å². The lowest BCUT2D eigenvalue weighted by atomic mass is 10.1. The molecule has 0 radical (unpaired) electrons. The van der Waals surface area contributed by atoms with Crippen LogP contribution in [0.4, 0.5) is 5.69 Å². The molecule has 106 valence electrons. The molecular formula is C15H24N2O2. The summed E-state index contributed by atoms with van der Waals surface area (Å²) in [7, 11) is 1.70. The van der Waals surface area contributed by atoms with Gasteiger partial charge in [0.2, 0.25) is 0 Å². The van der Waals surface area contributed by atoms with E-state index in [-0.39, 0.29) is 0 Å². The van der Waals surface area contributed by atoms with Crippen LogP contribution in [0.25, 0.3) is 0 Å². The van der Waals surface area contributed by atoms with Gasteiger partial charge in [-0.05, 0) is 18.1 Å². The zero-order valence-electron chi connectivity index (χ0n) is 11.7. The molecule has 0 atom stereocenters. The molecule has 1 heterocycles. The fourth-order valence-corrected chi connectivity index (χ4v) is 2.36. The Balaban J connectivity index is 1.79. The van der Waals surface area contributed by atoms with Crippen molar-refractivity contribution in [1.29, 1.82) is 0 Å². The summed E-state index contributed by atoms with van der Waals surface area (Å²) in [5.41, 5.74) is 2.75. The van der Waals surface area contributed by atoms with Crippen LogP contribution in [-0.4, -0.2) is 46.6 Å². The van der Waals surface area contributed by atoms with Crippen molar-refractivity contribution in [3.63, 3.8) is 0 Å². The van der Waals surface area contributed by atoms with Gasteiger partial charge in [0.05, 0.1) is 13.2 Å². The molecular weight excluding hydrogens is 240 g/mol. The molecule has 0 saturated carbocycles. The van der Waals surface area contributed by atoms with Crippen LogP contribution in [0.2, 0.25) is 0 Å². The second-order valence-electron chi connectivity index (χ2n) is 4.75. The largest absolute Gasteiger partial charge is 0.382 e. The predicted molar refractivity (Wildman–Crippen MR) is 77.7 cm³/mol. The molecule has 1 aliphatic rings. The van der Waals surface area contributed by atoms with E-state index in [2.05, 4.69) is 34.5 Å². The average molecular weight is 264 g/mol. The van der Waals surface area contributed by atoms with Gasteiger partial charge in [0, 0.05) is 45.6 Å². The summed E-state index contributed by atoms with van der Waals surface area (Å²) in [5, 5.41) is 3.46. The molecule has 1 aromatic rings. The van der Waals surface area contributed by atoms with Crippen LogP contribution < -0.4 is 10.2 Å². The number of nitrogens with zero attached hydrogens (tertiary/aromatic N) is 1. The Morgan fingerprint density at radius 1 is 1.21 bits per heavy atom. The minimum atomic E-state index is 0.677. The molecule has 0 spiro atoms. The fraction of sp³-hybridized carbons (Fsp3) is 0.600. The van der Waals surface area contributed by atoms with E-state index in [4.69, 9.17) is 9.47 Å². The molecule has 4 heteroatoms. The van der Waals surface area contributed by atoms with Gasteiger partial charge < -0.3 is 19.7 Å². The molecule has 1 aromatic carbocycles. The van der Waals surface area contributed by atoms with Crippen molar-refractivity contribution in [2.45, 2.75) is 13.0 Å². The smallest absolute Gasteiger partial charge is 0.0700 e. The minimum absolute atomic E-state index is 0.677. The van der Waals surface area contributed by atoms with E-state index >= 15 is 0 Å². The fourth-order valence-electron chi connectivity index (χ4n) is 2.36. The maximum Gasteiger partial charge on any atom is 0.0700 e. The van der Waals surface area contributed by atoms with Gasteiger partial charge in [-0.25, -0.2) is 0 Å². The zero-order valence-corrected chi connectivity index (χ0v) is 11.7. The van der Waals surface area contributed by atoms with Gasteiger partial charge in [0.1, 0.15) is 0 Å². The van der Waals surface area contributed by atoms with Crippen LogP contribution in [0.1, 0.15) is 12.0 Å². The quantitative estimate of drug-likeness (QED) is 0.759. The Kier molecular flexibility index (Phi) is 6.14. The van der Waals surface area contributed by atoms with Gasteiger partial charge in [-0.3, -0.25) is 0 Å². The van der Waals surface area contributed by atoms with E-state index in [1.807, 2.05) is 0 Å². The molecule has 0 aromatic heterocycles. The summed E-state index contributed by atoms with van der Waals surface area (Å²) in [6.07, 6.45) is 1.05. The first-order chi connectivity index (χ1) is 9.42. The van der Waals surface area contributed by atoms with Gasteiger partial charge in [-0.2, -0.15) is 0 Å². The van der Waals surface area contributed by atoms with E-state index in [1.165, 1.54) is 11.3 Å². The standard InChI is InChI=1S/C15H24N2O2/c1-18-11-12-19-10-4-8-17-9-7-16-13-14-5-2-3-6-15(14)17/h2-3,5-6,16H,4,7-13H2,1H3. The lowest BCUT2D eigenvalue weighted by Gasteiger charge is -2.24. The second-order valence-corrected chi connectivity index (χ2v) is 4.75. The number of fused-ring (bicyclic) bond motifs is 1. The van der Waals surface area contributed by atoms with Gasteiger partial charge >= 0.3 is 0 Å². The number of nitrogens with one attached hydrogen (secondary N) is 1. The normalized spacial score (nSPS) is 15.1. The lowest BCUT2D eigenvalue weighted by molar-refractivity contribution is 0.0700. The topological polar surface area (TPSA) is 33.7 Å². The number of hydrogen-bond acceptors (Lipinski definition) is 4. The highest BCUT2D eigenvalue weighted by atomic mass is 16.5. The predicted octanol–water partition coefficient (Wildman–Crippen LogP) is 1.65. The number of benzene rings is 1. The molecule has 0 amide bonds. The van der Waals surface area contributed by atoms with Crippen molar-refractivity contribution >= 4 is 5.69 Å². The third-order valence-corrected chi connectivity index (χ3v) is 3.35. The van der Waals surface area contributed by atoms with Crippen LogP contribution in [0.15, 0.2) is 24.3 Å². The molecule has 19 heavy (non-hydrogen) atoms. The molecule has 0 unspecified atom stereocenters. The first-order valence-electron chi connectivity index (χ1n) is 7.02. The molecule has 0 aliphatic carbocycles. The van der Waals surface area contributed by atoms with E-state index < -0.39 is 0 Å². The Morgan fingerprint density at radius 3 is 3.00 bits per heavy atom. The Morgan fingerprint density at radius 2 is 2.11 bits per heavy atom. The number of ether oxygens (including phenoxy) is 2. The average Bonchev–Trinajstić information content (AvgIpc) is 2.65. The maximum atomic E-state index is 5.52. The first-order valence-corrected chi connectivity index (χ1v) is 7.02. The van der Waals surface area contributed by atoms with Gasteiger partial charge in [0.25, 0.3) is 0 Å². The molecule has 4 nitrogen and oxygen atoms in total. The van der Waals surface area contributed by atoms with Crippen molar-refractivity contribution in [2.24, 2.45) is 0 Å². The number of anilines is 1.